The molecule has 1 N–H and O–H groups in total. The largest absolute Gasteiger partial charge is 0.376 e. The molecule has 5 nitrogen and oxygen atoms in total. The van der Waals surface area contributed by atoms with Gasteiger partial charge in [0.2, 0.25) is 0 Å². The van der Waals surface area contributed by atoms with Crippen LogP contribution in [0.4, 0.5) is 0 Å². The van der Waals surface area contributed by atoms with E-state index >= 15 is 0 Å². The Balaban J connectivity index is 0.00000280. The minimum absolute atomic E-state index is 0. The topological polar surface area (TPSA) is 40.1 Å². The predicted molar refractivity (Wildman–Crippen MR) is 127 cm³/mol. The summed E-state index contributed by atoms with van der Waals surface area (Å²) in [6.45, 7) is 9.44. The van der Waals surface area contributed by atoms with Crippen molar-refractivity contribution >= 4 is 29.9 Å². The van der Waals surface area contributed by atoms with Crippen LogP contribution in [0.25, 0.3) is 0 Å². The number of halogens is 1. The van der Waals surface area contributed by atoms with E-state index in [2.05, 4.69) is 51.3 Å². The lowest BCUT2D eigenvalue weighted by atomic mass is 10.1. The zero-order valence-electron chi connectivity index (χ0n) is 17.5. The van der Waals surface area contributed by atoms with Crippen LogP contribution in [-0.4, -0.2) is 68.2 Å². The van der Waals surface area contributed by atoms with E-state index in [9.17, 15) is 0 Å². The van der Waals surface area contributed by atoms with Crippen molar-refractivity contribution in [2.75, 3.05) is 46.4 Å². The minimum atomic E-state index is 0. The SMILES string of the molecule is CCC(CNC(=NC)N1CCC(COCc2ccccc2)C1)N1CCCC1.I. The number of hydrogen-bond donors (Lipinski definition) is 1. The number of aliphatic imine (C=N–C) groups is 1. The molecule has 2 aliphatic rings. The van der Waals surface area contributed by atoms with E-state index in [1.807, 2.05) is 13.1 Å². The smallest absolute Gasteiger partial charge is 0.193 e. The summed E-state index contributed by atoms with van der Waals surface area (Å²) in [7, 11) is 1.90. The Morgan fingerprint density at radius 1 is 1.21 bits per heavy atom. The molecule has 1 aromatic carbocycles. The van der Waals surface area contributed by atoms with Crippen molar-refractivity contribution in [1.82, 2.24) is 15.1 Å². The van der Waals surface area contributed by atoms with E-state index in [4.69, 9.17) is 4.74 Å². The maximum absolute atomic E-state index is 5.95. The Hall–Kier alpha value is -0.860. The Labute approximate surface area is 187 Å². The molecule has 0 saturated carbocycles. The predicted octanol–water partition coefficient (Wildman–Crippen LogP) is 3.59. The van der Waals surface area contributed by atoms with Crippen LogP contribution in [0.15, 0.2) is 35.3 Å². The number of benzene rings is 1. The monoisotopic (exact) mass is 500 g/mol. The molecular formula is C22H37IN4O. The summed E-state index contributed by atoms with van der Waals surface area (Å²) < 4.78 is 5.95. The van der Waals surface area contributed by atoms with Crippen LogP contribution in [0.5, 0.6) is 0 Å². The first-order valence-electron chi connectivity index (χ1n) is 10.6. The van der Waals surface area contributed by atoms with Gasteiger partial charge in [0, 0.05) is 38.6 Å². The fraction of sp³-hybridized carbons (Fsp3) is 0.682. The number of hydrogen-bond acceptors (Lipinski definition) is 3. The van der Waals surface area contributed by atoms with Crippen molar-refractivity contribution in [3.8, 4) is 0 Å². The third kappa shape index (κ3) is 6.88. The van der Waals surface area contributed by atoms with Gasteiger partial charge >= 0.3 is 0 Å². The van der Waals surface area contributed by atoms with Crippen LogP contribution in [0.2, 0.25) is 0 Å². The van der Waals surface area contributed by atoms with Crippen molar-refractivity contribution in [3.63, 3.8) is 0 Å². The Morgan fingerprint density at radius 2 is 1.96 bits per heavy atom. The third-order valence-electron chi connectivity index (χ3n) is 5.89. The second-order valence-electron chi connectivity index (χ2n) is 7.83. The molecule has 3 rings (SSSR count). The molecule has 0 spiro atoms. The van der Waals surface area contributed by atoms with Gasteiger partial charge in [0.05, 0.1) is 13.2 Å². The number of ether oxygens (including phenoxy) is 1. The second kappa shape index (κ2) is 12.6. The maximum atomic E-state index is 5.95. The third-order valence-corrected chi connectivity index (χ3v) is 5.89. The fourth-order valence-corrected chi connectivity index (χ4v) is 4.26. The number of nitrogens with zero attached hydrogens (tertiary/aromatic N) is 3. The van der Waals surface area contributed by atoms with Crippen LogP contribution < -0.4 is 5.32 Å². The van der Waals surface area contributed by atoms with Gasteiger partial charge in [-0.3, -0.25) is 9.89 Å². The highest BCUT2D eigenvalue weighted by atomic mass is 127. The molecule has 28 heavy (non-hydrogen) atoms. The lowest BCUT2D eigenvalue weighted by Crippen LogP contribution is -2.47. The van der Waals surface area contributed by atoms with Gasteiger partial charge in [-0.05, 0) is 44.3 Å². The van der Waals surface area contributed by atoms with Gasteiger partial charge in [0.1, 0.15) is 0 Å². The number of guanidine groups is 1. The lowest BCUT2D eigenvalue weighted by Gasteiger charge is -2.29. The number of nitrogens with one attached hydrogen (secondary N) is 1. The summed E-state index contributed by atoms with van der Waals surface area (Å²) in [4.78, 5) is 9.56. The number of likely N-dealkylation sites (tertiary alicyclic amines) is 2. The zero-order valence-corrected chi connectivity index (χ0v) is 19.8. The summed E-state index contributed by atoms with van der Waals surface area (Å²) in [5.74, 6) is 1.64. The van der Waals surface area contributed by atoms with Crippen LogP contribution >= 0.6 is 24.0 Å². The molecule has 2 aliphatic heterocycles. The average molecular weight is 500 g/mol. The van der Waals surface area contributed by atoms with Gasteiger partial charge in [0.25, 0.3) is 0 Å². The highest BCUT2D eigenvalue weighted by molar-refractivity contribution is 14.0. The molecule has 1 aromatic rings. The van der Waals surface area contributed by atoms with Crippen molar-refractivity contribution < 1.29 is 4.74 Å². The Morgan fingerprint density at radius 3 is 2.64 bits per heavy atom. The molecule has 0 aliphatic carbocycles. The molecule has 0 amide bonds. The van der Waals surface area contributed by atoms with E-state index in [1.54, 1.807) is 0 Å². The standard InChI is InChI=1S/C22H36N4O.HI/c1-3-21(25-12-7-8-13-25)15-24-22(23-2)26-14-11-20(16-26)18-27-17-19-9-5-4-6-10-19;/h4-6,9-10,20-21H,3,7-8,11-18H2,1-2H3,(H,23,24);1H. The van der Waals surface area contributed by atoms with E-state index < -0.39 is 0 Å². The summed E-state index contributed by atoms with van der Waals surface area (Å²) in [6.07, 6.45) is 5.07. The molecule has 6 heteroatoms. The molecule has 0 bridgehead atoms. The zero-order chi connectivity index (χ0) is 18.9. The van der Waals surface area contributed by atoms with Gasteiger partial charge in [-0.1, -0.05) is 37.3 Å². The first-order valence-corrected chi connectivity index (χ1v) is 10.6. The first kappa shape index (κ1) is 23.4. The van der Waals surface area contributed by atoms with Crippen LogP contribution in [0.3, 0.4) is 0 Å². The minimum Gasteiger partial charge on any atom is -0.376 e. The summed E-state index contributed by atoms with van der Waals surface area (Å²) >= 11 is 0. The van der Waals surface area contributed by atoms with Crippen molar-refractivity contribution in [3.05, 3.63) is 35.9 Å². The molecule has 0 aromatic heterocycles. The lowest BCUT2D eigenvalue weighted by molar-refractivity contribution is 0.0906. The summed E-state index contributed by atoms with van der Waals surface area (Å²) in [6, 6.07) is 11.0. The van der Waals surface area contributed by atoms with Crippen LogP contribution in [0.1, 0.15) is 38.2 Å². The van der Waals surface area contributed by atoms with Gasteiger partial charge in [-0.15, -0.1) is 24.0 Å². The Bertz CT molecular complexity index is 577. The van der Waals surface area contributed by atoms with Crippen molar-refractivity contribution in [1.29, 1.82) is 0 Å². The van der Waals surface area contributed by atoms with Gasteiger partial charge in [0.15, 0.2) is 5.96 Å². The first-order chi connectivity index (χ1) is 13.3. The maximum Gasteiger partial charge on any atom is 0.193 e. The van der Waals surface area contributed by atoms with Crippen molar-refractivity contribution in [2.45, 2.75) is 45.3 Å². The van der Waals surface area contributed by atoms with Crippen LogP contribution in [0, 0.1) is 5.92 Å². The van der Waals surface area contributed by atoms with Gasteiger partial charge < -0.3 is 15.0 Å². The molecule has 0 radical (unpaired) electrons. The molecule has 2 heterocycles. The van der Waals surface area contributed by atoms with E-state index in [0.717, 1.165) is 32.2 Å². The molecule has 2 atom stereocenters. The van der Waals surface area contributed by atoms with E-state index in [-0.39, 0.29) is 24.0 Å². The summed E-state index contributed by atoms with van der Waals surface area (Å²) in [5, 5.41) is 3.64. The normalized spacial score (nSPS) is 21.6. The molecule has 2 saturated heterocycles. The van der Waals surface area contributed by atoms with Crippen LogP contribution in [-0.2, 0) is 11.3 Å². The highest BCUT2D eigenvalue weighted by Gasteiger charge is 2.26. The molecule has 158 valence electrons. The van der Waals surface area contributed by atoms with E-state index in [0.29, 0.717) is 18.6 Å². The van der Waals surface area contributed by atoms with Crippen molar-refractivity contribution in [2.24, 2.45) is 10.9 Å². The quantitative estimate of drug-likeness (QED) is 0.337. The van der Waals surface area contributed by atoms with E-state index in [1.165, 1.54) is 44.3 Å². The highest BCUT2D eigenvalue weighted by Crippen LogP contribution is 2.18. The fourth-order valence-electron chi connectivity index (χ4n) is 4.26. The van der Waals surface area contributed by atoms with Gasteiger partial charge in [-0.25, -0.2) is 0 Å². The molecular weight excluding hydrogens is 463 g/mol. The number of rotatable bonds is 8. The van der Waals surface area contributed by atoms with Gasteiger partial charge in [-0.2, -0.15) is 0 Å². The molecule has 2 fully saturated rings. The molecule has 2 unspecified atom stereocenters. The average Bonchev–Trinajstić information content (AvgIpc) is 3.39. The Kier molecular flexibility index (Phi) is 10.6. The summed E-state index contributed by atoms with van der Waals surface area (Å²) in [5.41, 5.74) is 1.25. The second-order valence-corrected chi connectivity index (χ2v) is 7.83.